The van der Waals surface area contributed by atoms with Crippen LogP contribution in [0.4, 0.5) is 0 Å². The number of rotatable bonds is 7. The number of halogens is 1. The first-order valence-corrected chi connectivity index (χ1v) is 8.30. The first-order chi connectivity index (χ1) is 11.7. The smallest absolute Gasteiger partial charge is 0.350 e. The lowest BCUT2D eigenvalue weighted by Crippen LogP contribution is -2.44. The maximum atomic E-state index is 12.8. The molecule has 2 aromatic carbocycles. The van der Waals surface area contributed by atoms with Gasteiger partial charge in [0.05, 0.1) is 0 Å². The van der Waals surface area contributed by atoms with Crippen LogP contribution >= 0.6 is 15.9 Å². The van der Waals surface area contributed by atoms with Crippen molar-refractivity contribution in [3.05, 3.63) is 46.4 Å². The second-order valence-electron chi connectivity index (χ2n) is 5.66. The van der Waals surface area contributed by atoms with Gasteiger partial charge in [-0.3, -0.25) is 15.0 Å². The topological polar surface area (TPSA) is 116 Å². The fourth-order valence-electron chi connectivity index (χ4n) is 2.80. The summed E-state index contributed by atoms with van der Waals surface area (Å²) in [4.78, 5) is 35.7. The van der Waals surface area contributed by atoms with E-state index in [1.165, 1.54) is 6.92 Å². The van der Waals surface area contributed by atoms with Gasteiger partial charge in [0.1, 0.15) is 11.1 Å². The molecule has 1 atom stereocenters. The van der Waals surface area contributed by atoms with Gasteiger partial charge >= 0.3 is 11.9 Å². The zero-order chi connectivity index (χ0) is 18.8. The number of hydrogen-bond acceptors (Lipinski definition) is 4. The third-order valence-corrected chi connectivity index (χ3v) is 5.03. The summed E-state index contributed by atoms with van der Waals surface area (Å²) in [5.74, 6) is -3.64. The number of carboxylic acid groups (broad SMARTS) is 2. The van der Waals surface area contributed by atoms with Crippen LogP contribution in [-0.4, -0.2) is 33.6 Å². The highest BCUT2D eigenvalue weighted by atomic mass is 79.9. The molecule has 0 aromatic heterocycles. The number of carbonyl (C=O) groups is 3. The quantitative estimate of drug-likeness (QED) is 0.478. The van der Waals surface area contributed by atoms with Gasteiger partial charge < -0.3 is 10.2 Å². The van der Waals surface area contributed by atoms with Crippen LogP contribution in [0.15, 0.2) is 40.9 Å². The second kappa shape index (κ2) is 7.14. The third kappa shape index (κ3) is 3.32. The molecule has 0 amide bonds. The first-order valence-electron chi connectivity index (χ1n) is 7.50. The van der Waals surface area contributed by atoms with Crippen LogP contribution in [0.5, 0.6) is 0 Å². The monoisotopic (exact) mass is 405 g/mol. The Bertz CT molecular complexity index is 892. The van der Waals surface area contributed by atoms with Crippen molar-refractivity contribution < 1.29 is 24.6 Å². The maximum absolute atomic E-state index is 12.8. The van der Waals surface area contributed by atoms with Gasteiger partial charge in [0, 0.05) is 16.5 Å². The van der Waals surface area contributed by atoms with E-state index in [-0.39, 0.29) is 6.42 Å². The summed E-state index contributed by atoms with van der Waals surface area (Å²) in [5, 5.41) is 27.7. The highest BCUT2D eigenvalue weighted by Gasteiger charge is 2.46. The molecule has 0 radical (unpaired) electrons. The average Bonchev–Trinajstić information content (AvgIpc) is 2.59. The number of nitrogens with one attached hydrogen (secondary N) is 1. The van der Waals surface area contributed by atoms with Crippen molar-refractivity contribution in [1.82, 2.24) is 0 Å². The van der Waals surface area contributed by atoms with Crippen molar-refractivity contribution in [2.75, 3.05) is 0 Å². The van der Waals surface area contributed by atoms with Gasteiger partial charge in [-0.25, -0.2) is 4.79 Å². The zero-order valence-electron chi connectivity index (χ0n) is 13.4. The number of fused-ring (bicyclic) bond motifs is 1. The molecule has 0 fully saturated rings. The van der Waals surface area contributed by atoms with Crippen LogP contribution < -0.4 is 0 Å². The average molecular weight is 406 g/mol. The Balaban J connectivity index is 2.54. The van der Waals surface area contributed by atoms with E-state index in [1.807, 2.05) is 12.1 Å². The minimum absolute atomic E-state index is 0.173. The number of carboxylic acids is 2. The fourth-order valence-corrected chi connectivity index (χ4v) is 3.28. The van der Waals surface area contributed by atoms with Crippen molar-refractivity contribution in [1.29, 1.82) is 5.41 Å². The lowest BCUT2D eigenvalue weighted by atomic mass is 9.74. The van der Waals surface area contributed by atoms with Gasteiger partial charge in [-0.1, -0.05) is 47.1 Å². The first kappa shape index (κ1) is 18.8. The molecule has 25 heavy (non-hydrogen) atoms. The molecule has 3 N–H and O–H groups in total. The summed E-state index contributed by atoms with van der Waals surface area (Å²) < 4.78 is 0.790. The van der Waals surface area contributed by atoms with Gasteiger partial charge in [-0.05, 0) is 29.3 Å². The molecule has 6 nitrogen and oxygen atoms in total. The predicted molar refractivity (Wildman–Crippen MR) is 96.3 cm³/mol. The second-order valence-corrected chi connectivity index (χ2v) is 6.52. The summed E-state index contributed by atoms with van der Waals surface area (Å²) in [6.45, 7) is 1.46. The Kier molecular flexibility index (Phi) is 5.37. The van der Waals surface area contributed by atoms with Crippen molar-refractivity contribution in [3.63, 3.8) is 0 Å². The van der Waals surface area contributed by atoms with E-state index in [0.29, 0.717) is 10.9 Å². The Morgan fingerprint density at radius 1 is 1.08 bits per heavy atom. The van der Waals surface area contributed by atoms with Crippen LogP contribution in [0.1, 0.15) is 30.1 Å². The molecular weight excluding hydrogens is 390 g/mol. The molecule has 2 rings (SSSR count). The summed E-state index contributed by atoms with van der Waals surface area (Å²) in [7, 11) is 0. The Morgan fingerprint density at radius 2 is 1.68 bits per heavy atom. The lowest BCUT2D eigenvalue weighted by molar-refractivity contribution is -0.146. The van der Waals surface area contributed by atoms with E-state index >= 15 is 0 Å². The molecule has 130 valence electrons. The van der Waals surface area contributed by atoms with E-state index in [4.69, 9.17) is 10.5 Å². The van der Waals surface area contributed by atoms with Gasteiger partial charge in [0.25, 0.3) is 0 Å². The molecule has 0 aliphatic carbocycles. The summed E-state index contributed by atoms with van der Waals surface area (Å²) >= 11 is 3.40. The molecule has 0 heterocycles. The van der Waals surface area contributed by atoms with Crippen molar-refractivity contribution in [2.45, 2.75) is 19.8 Å². The SMILES string of the molecule is CCC(CC(=O)c1ccc(Br)c2ccccc12)(C(=N)C(=O)O)C(=O)O. The Hall–Kier alpha value is -2.54. The molecule has 0 bridgehead atoms. The third-order valence-electron chi connectivity index (χ3n) is 4.34. The van der Waals surface area contributed by atoms with Crippen LogP contribution in [0, 0.1) is 10.8 Å². The summed E-state index contributed by atoms with van der Waals surface area (Å²) in [5.41, 5.74) is -2.75. The molecule has 0 aliphatic rings. The van der Waals surface area contributed by atoms with Crippen LogP contribution in [0.25, 0.3) is 10.8 Å². The van der Waals surface area contributed by atoms with Crippen molar-refractivity contribution in [2.24, 2.45) is 5.41 Å². The lowest BCUT2D eigenvalue weighted by Gasteiger charge is -2.26. The predicted octanol–water partition coefficient (Wildman–Crippen LogP) is 3.76. The molecule has 0 spiro atoms. The minimum Gasteiger partial charge on any atom is -0.481 e. The van der Waals surface area contributed by atoms with Gasteiger partial charge in [0.2, 0.25) is 0 Å². The van der Waals surface area contributed by atoms with Crippen molar-refractivity contribution >= 4 is 50.1 Å². The van der Waals surface area contributed by atoms with Gasteiger partial charge in [-0.15, -0.1) is 0 Å². The molecule has 2 aromatic rings. The number of benzene rings is 2. The number of ketones is 1. The Morgan fingerprint density at radius 3 is 2.20 bits per heavy atom. The number of aliphatic carboxylic acids is 2. The molecule has 7 heteroatoms. The van der Waals surface area contributed by atoms with Crippen LogP contribution in [0.3, 0.4) is 0 Å². The summed E-state index contributed by atoms with van der Waals surface area (Å²) in [6, 6.07) is 10.4. The van der Waals surface area contributed by atoms with Gasteiger partial charge in [0.15, 0.2) is 5.78 Å². The van der Waals surface area contributed by atoms with Crippen LogP contribution in [-0.2, 0) is 9.59 Å². The molecule has 0 saturated carbocycles. The van der Waals surface area contributed by atoms with E-state index in [2.05, 4.69) is 15.9 Å². The molecule has 0 saturated heterocycles. The minimum atomic E-state index is -2.06. The number of Topliss-reactive ketones (excluding diaryl/α,β-unsaturated/α-hetero) is 1. The largest absolute Gasteiger partial charge is 0.481 e. The van der Waals surface area contributed by atoms with Crippen LogP contribution in [0.2, 0.25) is 0 Å². The van der Waals surface area contributed by atoms with Gasteiger partial charge in [-0.2, -0.15) is 0 Å². The Labute approximate surface area is 152 Å². The van der Waals surface area contributed by atoms with E-state index in [0.717, 1.165) is 9.86 Å². The van der Waals surface area contributed by atoms with E-state index in [1.54, 1.807) is 24.3 Å². The summed E-state index contributed by atoms with van der Waals surface area (Å²) in [6.07, 6.45) is -0.761. The molecule has 1 unspecified atom stereocenters. The standard InChI is InChI=1S/C18H16BrNO5/c1-2-18(17(24)25,15(20)16(22)23)9-14(21)12-7-8-13(19)11-6-4-3-5-10(11)12/h3-8,20H,2,9H2,1H3,(H,22,23)(H,24,25). The maximum Gasteiger partial charge on any atom is 0.350 e. The normalized spacial score (nSPS) is 13.2. The fraction of sp³-hybridized carbons (Fsp3) is 0.222. The molecular formula is C18H16BrNO5. The number of hydrogen-bond donors (Lipinski definition) is 3. The van der Waals surface area contributed by atoms with E-state index < -0.39 is 35.3 Å². The highest BCUT2D eigenvalue weighted by Crippen LogP contribution is 2.33. The molecule has 0 aliphatic heterocycles. The van der Waals surface area contributed by atoms with E-state index in [9.17, 15) is 19.5 Å². The highest BCUT2D eigenvalue weighted by molar-refractivity contribution is 9.10. The van der Waals surface area contributed by atoms with Crippen molar-refractivity contribution in [3.8, 4) is 0 Å². The zero-order valence-corrected chi connectivity index (χ0v) is 15.0. The number of carbonyl (C=O) groups excluding carboxylic acids is 1.